The van der Waals surface area contributed by atoms with Gasteiger partial charge in [-0.15, -0.1) is 0 Å². The van der Waals surface area contributed by atoms with E-state index >= 15 is 0 Å². The number of furan rings is 1. The lowest BCUT2D eigenvalue weighted by atomic mass is 10.1. The monoisotopic (exact) mass is 263 g/mol. The van der Waals surface area contributed by atoms with Crippen molar-refractivity contribution < 1.29 is 4.42 Å². The smallest absolute Gasteiger partial charge is 0.202 e. The Hall–Kier alpha value is -1.36. The van der Waals surface area contributed by atoms with Gasteiger partial charge in [-0.25, -0.2) is 4.98 Å². The quantitative estimate of drug-likeness (QED) is 0.867. The number of hydrogen-bond donors (Lipinski definition) is 1. The zero-order valence-electron chi connectivity index (χ0n) is 10.4. The lowest BCUT2D eigenvalue weighted by Gasteiger charge is -2.11. The molecule has 18 heavy (non-hydrogen) atoms. The van der Waals surface area contributed by atoms with Gasteiger partial charge in [0.15, 0.2) is 0 Å². The standard InChI is InChI=1S/C13H17N3OS/c1-9(4-7-11-3-2-8-17-11)14-13-15-12(16-18-13)10-5-6-10/h2-3,8-10H,4-7H2,1H3,(H,14,15,16). The molecule has 1 N–H and O–H groups in total. The summed E-state index contributed by atoms with van der Waals surface area (Å²) in [6, 6.07) is 4.33. The van der Waals surface area contributed by atoms with Crippen LogP contribution in [-0.4, -0.2) is 15.4 Å². The van der Waals surface area contributed by atoms with Gasteiger partial charge >= 0.3 is 0 Å². The molecule has 5 heteroatoms. The van der Waals surface area contributed by atoms with Gasteiger partial charge in [-0.1, -0.05) is 0 Å². The predicted molar refractivity (Wildman–Crippen MR) is 72.0 cm³/mol. The Morgan fingerprint density at radius 1 is 1.56 bits per heavy atom. The summed E-state index contributed by atoms with van der Waals surface area (Å²) < 4.78 is 9.72. The van der Waals surface area contributed by atoms with Gasteiger partial charge in [0, 0.05) is 29.9 Å². The summed E-state index contributed by atoms with van der Waals surface area (Å²) in [5.74, 6) is 2.70. The molecule has 0 radical (unpaired) electrons. The van der Waals surface area contributed by atoms with Crippen molar-refractivity contribution in [3.8, 4) is 0 Å². The van der Waals surface area contributed by atoms with Crippen molar-refractivity contribution in [1.82, 2.24) is 9.36 Å². The summed E-state index contributed by atoms with van der Waals surface area (Å²) in [7, 11) is 0. The second-order valence-corrected chi connectivity index (χ2v) is 5.65. The van der Waals surface area contributed by atoms with E-state index in [1.807, 2.05) is 12.1 Å². The molecule has 0 amide bonds. The highest BCUT2D eigenvalue weighted by Crippen LogP contribution is 2.39. The molecule has 2 aromatic heterocycles. The summed E-state index contributed by atoms with van der Waals surface area (Å²) in [4.78, 5) is 4.53. The van der Waals surface area contributed by atoms with Crippen LogP contribution in [0.2, 0.25) is 0 Å². The third-order valence-electron chi connectivity index (χ3n) is 3.16. The number of hydrogen-bond acceptors (Lipinski definition) is 5. The largest absolute Gasteiger partial charge is 0.469 e. The van der Waals surface area contributed by atoms with E-state index in [2.05, 4.69) is 21.6 Å². The molecule has 96 valence electrons. The Balaban J connectivity index is 1.48. The van der Waals surface area contributed by atoms with Crippen LogP contribution in [0, 0.1) is 0 Å². The van der Waals surface area contributed by atoms with Crippen LogP contribution in [0.15, 0.2) is 22.8 Å². The minimum atomic E-state index is 0.384. The van der Waals surface area contributed by atoms with Crippen LogP contribution in [0.4, 0.5) is 5.13 Å². The molecule has 0 aliphatic heterocycles. The first-order valence-corrected chi connectivity index (χ1v) is 7.21. The van der Waals surface area contributed by atoms with Crippen molar-refractivity contribution >= 4 is 16.7 Å². The molecule has 1 fully saturated rings. The highest BCUT2D eigenvalue weighted by molar-refractivity contribution is 7.09. The first-order chi connectivity index (χ1) is 8.81. The maximum absolute atomic E-state index is 5.32. The third kappa shape index (κ3) is 2.90. The van der Waals surface area contributed by atoms with E-state index in [4.69, 9.17) is 4.42 Å². The van der Waals surface area contributed by atoms with Crippen molar-refractivity contribution in [3.63, 3.8) is 0 Å². The second kappa shape index (κ2) is 5.10. The zero-order chi connectivity index (χ0) is 12.4. The summed E-state index contributed by atoms with van der Waals surface area (Å²) in [6.45, 7) is 2.17. The number of aryl methyl sites for hydroxylation is 1. The molecule has 1 atom stereocenters. The molecule has 0 saturated heterocycles. The van der Waals surface area contributed by atoms with E-state index in [1.165, 1.54) is 24.4 Å². The molecule has 0 aromatic carbocycles. The van der Waals surface area contributed by atoms with Gasteiger partial charge in [0.05, 0.1) is 6.26 Å². The van der Waals surface area contributed by atoms with E-state index in [0.717, 1.165) is 29.6 Å². The Morgan fingerprint density at radius 2 is 2.44 bits per heavy atom. The molecule has 1 aliphatic carbocycles. The van der Waals surface area contributed by atoms with Crippen LogP contribution in [-0.2, 0) is 6.42 Å². The van der Waals surface area contributed by atoms with Crippen LogP contribution in [0.25, 0.3) is 0 Å². The van der Waals surface area contributed by atoms with E-state index in [1.54, 1.807) is 6.26 Å². The molecule has 0 spiro atoms. The van der Waals surface area contributed by atoms with Crippen LogP contribution >= 0.6 is 11.5 Å². The Morgan fingerprint density at radius 3 is 3.17 bits per heavy atom. The topological polar surface area (TPSA) is 51.0 Å². The first kappa shape index (κ1) is 11.7. The third-order valence-corrected chi connectivity index (χ3v) is 3.82. The van der Waals surface area contributed by atoms with Crippen LogP contribution in [0.3, 0.4) is 0 Å². The Kier molecular flexibility index (Phi) is 3.32. The molecular formula is C13H17N3OS. The highest BCUT2D eigenvalue weighted by Gasteiger charge is 2.27. The van der Waals surface area contributed by atoms with Gasteiger partial charge in [0.2, 0.25) is 5.13 Å². The van der Waals surface area contributed by atoms with Crippen molar-refractivity contribution in [2.75, 3.05) is 5.32 Å². The maximum Gasteiger partial charge on any atom is 0.202 e. The molecule has 2 heterocycles. The number of rotatable bonds is 6. The molecule has 3 rings (SSSR count). The molecular weight excluding hydrogens is 246 g/mol. The highest BCUT2D eigenvalue weighted by atomic mass is 32.1. The van der Waals surface area contributed by atoms with Gasteiger partial charge < -0.3 is 9.73 Å². The van der Waals surface area contributed by atoms with Gasteiger partial charge in [-0.05, 0) is 38.3 Å². The van der Waals surface area contributed by atoms with Crippen LogP contribution in [0.1, 0.15) is 43.7 Å². The second-order valence-electron chi connectivity index (χ2n) is 4.90. The van der Waals surface area contributed by atoms with Gasteiger partial charge in [-0.3, -0.25) is 0 Å². The van der Waals surface area contributed by atoms with Crippen molar-refractivity contribution in [2.24, 2.45) is 0 Å². The predicted octanol–water partition coefficient (Wildman–Crippen LogP) is 3.44. The van der Waals surface area contributed by atoms with Crippen LogP contribution in [0.5, 0.6) is 0 Å². The summed E-state index contributed by atoms with van der Waals surface area (Å²) >= 11 is 1.47. The van der Waals surface area contributed by atoms with Gasteiger partial charge in [0.1, 0.15) is 11.6 Å². The number of nitrogens with zero attached hydrogens (tertiary/aromatic N) is 2. The summed E-state index contributed by atoms with van der Waals surface area (Å²) in [5.41, 5.74) is 0. The molecule has 2 aromatic rings. The number of aromatic nitrogens is 2. The van der Waals surface area contributed by atoms with E-state index in [0.29, 0.717) is 12.0 Å². The summed E-state index contributed by atoms with van der Waals surface area (Å²) in [5, 5.41) is 4.36. The summed E-state index contributed by atoms with van der Waals surface area (Å²) in [6.07, 6.45) is 6.22. The van der Waals surface area contributed by atoms with E-state index < -0.39 is 0 Å². The lowest BCUT2D eigenvalue weighted by molar-refractivity contribution is 0.495. The molecule has 1 unspecified atom stereocenters. The zero-order valence-corrected chi connectivity index (χ0v) is 11.2. The van der Waals surface area contributed by atoms with Crippen molar-refractivity contribution in [1.29, 1.82) is 0 Å². The molecule has 1 saturated carbocycles. The van der Waals surface area contributed by atoms with Gasteiger partial charge in [-0.2, -0.15) is 4.37 Å². The number of nitrogens with one attached hydrogen (secondary N) is 1. The minimum absolute atomic E-state index is 0.384. The Labute approximate surface area is 111 Å². The Bertz CT molecular complexity index is 490. The normalized spacial score (nSPS) is 16.7. The fraction of sp³-hybridized carbons (Fsp3) is 0.538. The average Bonchev–Trinajstić information content (AvgIpc) is 2.90. The number of anilines is 1. The van der Waals surface area contributed by atoms with Crippen molar-refractivity contribution in [3.05, 3.63) is 30.0 Å². The minimum Gasteiger partial charge on any atom is -0.469 e. The fourth-order valence-corrected chi connectivity index (χ4v) is 2.66. The van der Waals surface area contributed by atoms with Crippen LogP contribution < -0.4 is 5.32 Å². The maximum atomic E-state index is 5.32. The SMILES string of the molecule is CC(CCc1ccco1)Nc1nc(C2CC2)ns1. The van der Waals surface area contributed by atoms with Crippen molar-refractivity contribution in [2.45, 2.75) is 44.6 Å². The molecule has 1 aliphatic rings. The lowest BCUT2D eigenvalue weighted by Crippen LogP contribution is -2.15. The van der Waals surface area contributed by atoms with E-state index in [-0.39, 0.29) is 0 Å². The first-order valence-electron chi connectivity index (χ1n) is 6.44. The molecule has 4 nitrogen and oxygen atoms in total. The molecule has 0 bridgehead atoms. The van der Waals surface area contributed by atoms with E-state index in [9.17, 15) is 0 Å². The average molecular weight is 263 g/mol. The van der Waals surface area contributed by atoms with Gasteiger partial charge in [0.25, 0.3) is 0 Å². The fourth-order valence-electron chi connectivity index (χ4n) is 1.90.